The number of halogens is 1. The van der Waals surface area contributed by atoms with E-state index < -0.39 is 0 Å². The number of nitrogens with one attached hydrogen (secondary N) is 1. The summed E-state index contributed by atoms with van der Waals surface area (Å²) in [6.45, 7) is 3.80. The molecule has 2 heterocycles. The summed E-state index contributed by atoms with van der Waals surface area (Å²) in [6, 6.07) is 10.9. The van der Waals surface area contributed by atoms with E-state index in [0.717, 1.165) is 23.1 Å². The molecule has 1 aromatic heterocycles. The Hall–Kier alpha value is -2.28. The molecule has 1 N–H and O–H groups in total. The lowest BCUT2D eigenvalue weighted by molar-refractivity contribution is -0.126. The molecular weight excluding hydrogens is 412 g/mol. The summed E-state index contributed by atoms with van der Waals surface area (Å²) in [5.74, 6) is 1.25. The van der Waals surface area contributed by atoms with Crippen molar-refractivity contribution in [3.8, 4) is 5.75 Å². The van der Waals surface area contributed by atoms with Crippen molar-refractivity contribution < 1.29 is 18.7 Å². The lowest BCUT2D eigenvalue weighted by atomic mass is 9.97. The van der Waals surface area contributed by atoms with E-state index in [0.29, 0.717) is 25.4 Å². The molecule has 1 atom stereocenters. The Kier molecular flexibility index (Phi) is 6.55. The maximum Gasteiger partial charge on any atom is 0.289 e. The number of carbonyl (C=O) groups is 2. The number of nitrogens with zero attached hydrogens (tertiary/aromatic N) is 1. The third-order valence-electron chi connectivity index (χ3n) is 4.48. The molecule has 3 rings (SSSR count). The first-order valence-electron chi connectivity index (χ1n) is 9.11. The van der Waals surface area contributed by atoms with Gasteiger partial charge >= 0.3 is 0 Å². The minimum Gasteiger partial charge on any atom is -0.486 e. The monoisotopic (exact) mass is 434 g/mol. The Morgan fingerprint density at radius 3 is 2.96 bits per heavy atom. The fraction of sp³-hybridized carbons (Fsp3) is 0.400. The minimum absolute atomic E-state index is 0.0116. The molecule has 1 fully saturated rings. The minimum atomic E-state index is -0.183. The summed E-state index contributed by atoms with van der Waals surface area (Å²) in [5.41, 5.74) is 0. The average Bonchev–Trinajstić information content (AvgIpc) is 3.15. The molecule has 2 amide bonds. The van der Waals surface area contributed by atoms with Gasteiger partial charge in [-0.2, -0.15) is 0 Å². The van der Waals surface area contributed by atoms with Crippen molar-refractivity contribution in [3.05, 3.63) is 52.4 Å². The second-order valence-corrected chi connectivity index (χ2v) is 7.41. The zero-order valence-electron chi connectivity index (χ0n) is 15.2. The molecule has 6 nitrogen and oxygen atoms in total. The number of ether oxygens (including phenoxy) is 1. The van der Waals surface area contributed by atoms with Crippen LogP contribution in [0, 0.1) is 5.92 Å². The van der Waals surface area contributed by atoms with Crippen LogP contribution in [0.4, 0.5) is 0 Å². The highest BCUT2D eigenvalue weighted by molar-refractivity contribution is 9.10. The predicted octanol–water partition coefficient (Wildman–Crippen LogP) is 3.61. The third kappa shape index (κ3) is 5.13. The first-order valence-corrected chi connectivity index (χ1v) is 9.90. The van der Waals surface area contributed by atoms with Gasteiger partial charge in [-0.3, -0.25) is 9.59 Å². The summed E-state index contributed by atoms with van der Waals surface area (Å²) < 4.78 is 12.3. The second kappa shape index (κ2) is 9.08. The van der Waals surface area contributed by atoms with Crippen molar-refractivity contribution in [1.29, 1.82) is 0 Å². The lowest BCUT2D eigenvalue weighted by Gasteiger charge is -2.31. The van der Waals surface area contributed by atoms with Gasteiger partial charge in [0, 0.05) is 24.1 Å². The van der Waals surface area contributed by atoms with Gasteiger partial charge in [-0.25, -0.2) is 0 Å². The van der Waals surface area contributed by atoms with Crippen molar-refractivity contribution in [1.82, 2.24) is 10.2 Å². The fourth-order valence-electron chi connectivity index (χ4n) is 3.13. The van der Waals surface area contributed by atoms with E-state index in [1.165, 1.54) is 0 Å². The van der Waals surface area contributed by atoms with Gasteiger partial charge in [0.1, 0.15) is 18.1 Å². The molecule has 144 valence electrons. The molecule has 1 aliphatic heterocycles. The zero-order chi connectivity index (χ0) is 19.2. The van der Waals surface area contributed by atoms with Crippen LogP contribution in [0.15, 0.2) is 45.3 Å². The van der Waals surface area contributed by atoms with Gasteiger partial charge < -0.3 is 19.4 Å². The van der Waals surface area contributed by atoms with Crippen molar-refractivity contribution in [2.75, 3.05) is 19.6 Å². The number of furan rings is 1. The van der Waals surface area contributed by atoms with E-state index in [2.05, 4.69) is 21.2 Å². The van der Waals surface area contributed by atoms with E-state index in [9.17, 15) is 9.59 Å². The molecule has 0 spiro atoms. The van der Waals surface area contributed by atoms with Gasteiger partial charge in [-0.1, -0.05) is 22.0 Å². The van der Waals surface area contributed by atoms with Crippen LogP contribution < -0.4 is 10.1 Å². The molecule has 2 aromatic rings. The SMILES string of the molecule is CCNC(=O)C1CCCN(C(=O)c2ccc(COc3cccc(Br)c3)o2)C1. The van der Waals surface area contributed by atoms with Crippen LogP contribution in [-0.4, -0.2) is 36.3 Å². The average molecular weight is 435 g/mol. The molecule has 27 heavy (non-hydrogen) atoms. The predicted molar refractivity (Wildman–Crippen MR) is 104 cm³/mol. The number of hydrogen-bond donors (Lipinski definition) is 1. The van der Waals surface area contributed by atoms with Crippen LogP contribution in [0.2, 0.25) is 0 Å². The summed E-state index contributed by atoms with van der Waals surface area (Å²) >= 11 is 3.40. The standard InChI is InChI=1S/C20H23BrN2O4/c1-2-22-19(24)14-5-4-10-23(12-14)20(25)18-9-8-17(27-18)13-26-16-7-3-6-15(21)11-16/h3,6-9,11,14H,2,4-5,10,12-13H2,1H3,(H,22,24). The number of benzene rings is 1. The highest BCUT2D eigenvalue weighted by Crippen LogP contribution is 2.22. The fourth-order valence-corrected chi connectivity index (χ4v) is 3.51. The smallest absolute Gasteiger partial charge is 0.289 e. The van der Waals surface area contributed by atoms with E-state index in [4.69, 9.17) is 9.15 Å². The van der Waals surface area contributed by atoms with E-state index >= 15 is 0 Å². The maximum atomic E-state index is 12.7. The maximum absolute atomic E-state index is 12.7. The number of amides is 2. The van der Waals surface area contributed by atoms with Crippen molar-refractivity contribution >= 4 is 27.7 Å². The van der Waals surface area contributed by atoms with Gasteiger partial charge in [0.25, 0.3) is 5.91 Å². The third-order valence-corrected chi connectivity index (χ3v) is 4.97. The number of piperidine rings is 1. The summed E-state index contributed by atoms with van der Waals surface area (Å²) in [5, 5.41) is 2.83. The summed E-state index contributed by atoms with van der Waals surface area (Å²) in [7, 11) is 0. The topological polar surface area (TPSA) is 71.8 Å². The Morgan fingerprint density at radius 2 is 2.19 bits per heavy atom. The Labute approximate surface area is 167 Å². The lowest BCUT2D eigenvalue weighted by Crippen LogP contribution is -2.45. The van der Waals surface area contributed by atoms with Crippen molar-refractivity contribution in [2.45, 2.75) is 26.4 Å². The highest BCUT2D eigenvalue weighted by Gasteiger charge is 2.29. The first-order chi connectivity index (χ1) is 13.1. The molecule has 1 aliphatic rings. The summed E-state index contributed by atoms with van der Waals surface area (Å²) in [6.07, 6.45) is 1.62. The van der Waals surface area contributed by atoms with Crippen molar-refractivity contribution in [2.24, 2.45) is 5.92 Å². The van der Waals surface area contributed by atoms with Crippen LogP contribution in [0.3, 0.4) is 0 Å². The van der Waals surface area contributed by atoms with Crippen LogP contribution in [-0.2, 0) is 11.4 Å². The molecule has 0 radical (unpaired) electrons. The number of likely N-dealkylation sites (tertiary alicyclic amines) is 1. The van der Waals surface area contributed by atoms with Crippen LogP contribution in [0.25, 0.3) is 0 Å². The van der Waals surface area contributed by atoms with Gasteiger partial charge in [0.2, 0.25) is 5.91 Å². The molecule has 0 saturated carbocycles. The van der Waals surface area contributed by atoms with E-state index in [1.807, 2.05) is 31.2 Å². The molecule has 0 bridgehead atoms. The first kappa shape index (κ1) is 19.5. The molecule has 0 aliphatic carbocycles. The zero-order valence-corrected chi connectivity index (χ0v) is 16.8. The quantitative estimate of drug-likeness (QED) is 0.753. The van der Waals surface area contributed by atoms with E-state index in [-0.39, 0.29) is 30.1 Å². The number of carbonyl (C=O) groups excluding carboxylic acids is 2. The second-order valence-electron chi connectivity index (χ2n) is 6.50. The van der Waals surface area contributed by atoms with Crippen LogP contribution in [0.1, 0.15) is 36.1 Å². The van der Waals surface area contributed by atoms with Gasteiger partial charge in [-0.05, 0) is 50.1 Å². The molecule has 7 heteroatoms. The van der Waals surface area contributed by atoms with Gasteiger partial charge in [-0.15, -0.1) is 0 Å². The molecule has 1 unspecified atom stereocenters. The van der Waals surface area contributed by atoms with Crippen molar-refractivity contribution in [3.63, 3.8) is 0 Å². The summed E-state index contributed by atoms with van der Waals surface area (Å²) in [4.78, 5) is 26.5. The normalized spacial score (nSPS) is 16.8. The number of hydrogen-bond acceptors (Lipinski definition) is 4. The Balaban J connectivity index is 1.58. The van der Waals surface area contributed by atoms with Crippen LogP contribution >= 0.6 is 15.9 Å². The van der Waals surface area contributed by atoms with Crippen LogP contribution in [0.5, 0.6) is 5.75 Å². The molecular formula is C20H23BrN2O4. The van der Waals surface area contributed by atoms with Gasteiger partial charge in [0.05, 0.1) is 5.92 Å². The molecule has 1 aromatic carbocycles. The Bertz CT molecular complexity index is 805. The highest BCUT2D eigenvalue weighted by atomic mass is 79.9. The van der Waals surface area contributed by atoms with E-state index in [1.54, 1.807) is 17.0 Å². The molecule has 1 saturated heterocycles. The Morgan fingerprint density at radius 1 is 1.33 bits per heavy atom. The number of rotatable bonds is 6. The largest absolute Gasteiger partial charge is 0.486 e. The van der Waals surface area contributed by atoms with Gasteiger partial charge in [0.15, 0.2) is 5.76 Å².